The second kappa shape index (κ2) is 6.21. The van der Waals surface area contributed by atoms with Gasteiger partial charge in [-0.05, 0) is 12.5 Å². The Morgan fingerprint density at radius 2 is 2.47 bits per heavy atom. The average Bonchev–Trinajstić information content (AvgIpc) is 2.47. The molecule has 1 aliphatic heterocycles. The predicted molar refractivity (Wildman–Crippen MR) is 74.7 cm³/mol. The van der Waals surface area contributed by atoms with Crippen LogP contribution in [0.2, 0.25) is 5.02 Å². The number of halogens is 1. The Balaban J connectivity index is 2.18. The van der Waals surface area contributed by atoms with Crippen LogP contribution in [0.4, 0.5) is 5.82 Å². The lowest BCUT2D eigenvalue weighted by molar-refractivity contribution is -0.0226. The second-order valence-corrected chi connectivity index (χ2v) is 4.86. The molecule has 1 fully saturated rings. The Morgan fingerprint density at radius 1 is 1.68 bits per heavy atom. The monoisotopic (exact) mass is 283 g/mol. The summed E-state index contributed by atoms with van der Waals surface area (Å²) in [5.74, 6) is 0.568. The fraction of sp³-hybridized carbons (Fsp3) is 0.538. The van der Waals surface area contributed by atoms with E-state index in [4.69, 9.17) is 16.3 Å². The number of amides is 1. The van der Waals surface area contributed by atoms with Crippen LogP contribution in [-0.2, 0) is 4.74 Å². The molecule has 0 radical (unpaired) electrons. The van der Waals surface area contributed by atoms with E-state index in [-0.39, 0.29) is 12.0 Å². The summed E-state index contributed by atoms with van der Waals surface area (Å²) in [6.07, 6.45) is 2.51. The summed E-state index contributed by atoms with van der Waals surface area (Å²) in [5.41, 5.74) is 0.484. The van der Waals surface area contributed by atoms with Crippen molar-refractivity contribution in [1.82, 2.24) is 9.88 Å². The van der Waals surface area contributed by atoms with Crippen LogP contribution in [0.15, 0.2) is 12.3 Å². The van der Waals surface area contributed by atoms with Crippen molar-refractivity contribution < 1.29 is 9.53 Å². The standard InChI is InChI=1S/C13H18ClN3O2/c1-3-9-8-17(4-5-19-9)13(18)10-6-12(15-2)16-7-11(10)14/h6-7,9H,3-5,8H2,1-2H3,(H,15,16). The molecular weight excluding hydrogens is 266 g/mol. The number of aromatic nitrogens is 1. The Morgan fingerprint density at radius 3 is 3.16 bits per heavy atom. The Hall–Kier alpha value is -1.33. The van der Waals surface area contributed by atoms with Crippen molar-refractivity contribution in [1.29, 1.82) is 0 Å². The van der Waals surface area contributed by atoms with Crippen LogP contribution in [0.1, 0.15) is 23.7 Å². The third kappa shape index (κ3) is 3.16. The molecule has 1 aromatic heterocycles. The largest absolute Gasteiger partial charge is 0.375 e. The number of nitrogens with one attached hydrogen (secondary N) is 1. The first-order valence-corrected chi connectivity index (χ1v) is 6.77. The molecule has 2 heterocycles. The minimum Gasteiger partial charge on any atom is -0.375 e. The maximum absolute atomic E-state index is 12.5. The van der Waals surface area contributed by atoms with E-state index < -0.39 is 0 Å². The Labute approximate surface area is 117 Å². The number of carbonyl (C=O) groups excluding carboxylic acids is 1. The number of ether oxygens (including phenoxy) is 1. The van der Waals surface area contributed by atoms with Crippen molar-refractivity contribution in [2.75, 3.05) is 32.1 Å². The molecule has 1 unspecified atom stereocenters. The maximum Gasteiger partial charge on any atom is 0.255 e. The average molecular weight is 284 g/mol. The van der Waals surface area contributed by atoms with Crippen molar-refractivity contribution in [2.24, 2.45) is 0 Å². The number of anilines is 1. The first-order valence-electron chi connectivity index (χ1n) is 6.39. The molecule has 1 amide bonds. The van der Waals surface area contributed by atoms with Gasteiger partial charge in [0.25, 0.3) is 5.91 Å². The second-order valence-electron chi connectivity index (χ2n) is 4.45. The number of morpholine rings is 1. The molecule has 2 rings (SSSR count). The lowest BCUT2D eigenvalue weighted by atomic mass is 10.1. The van der Waals surface area contributed by atoms with E-state index in [1.165, 1.54) is 6.20 Å². The molecule has 1 aromatic rings. The van der Waals surface area contributed by atoms with Crippen LogP contribution in [0.3, 0.4) is 0 Å². The van der Waals surface area contributed by atoms with Gasteiger partial charge in [0.2, 0.25) is 0 Å². The zero-order valence-electron chi connectivity index (χ0n) is 11.1. The fourth-order valence-corrected chi connectivity index (χ4v) is 2.24. The lowest BCUT2D eigenvalue weighted by Crippen LogP contribution is -2.45. The van der Waals surface area contributed by atoms with E-state index in [0.717, 1.165) is 6.42 Å². The summed E-state index contributed by atoms with van der Waals surface area (Å²) in [6, 6.07) is 1.68. The van der Waals surface area contributed by atoms with E-state index in [1.54, 1.807) is 18.0 Å². The van der Waals surface area contributed by atoms with E-state index in [9.17, 15) is 4.79 Å². The summed E-state index contributed by atoms with van der Waals surface area (Å²) in [6.45, 7) is 3.84. The van der Waals surface area contributed by atoms with Crippen molar-refractivity contribution >= 4 is 23.3 Å². The van der Waals surface area contributed by atoms with Crippen molar-refractivity contribution in [3.63, 3.8) is 0 Å². The number of rotatable bonds is 3. The van der Waals surface area contributed by atoms with Gasteiger partial charge in [-0.25, -0.2) is 4.98 Å². The number of hydrogen-bond donors (Lipinski definition) is 1. The molecule has 0 saturated carbocycles. The van der Waals surface area contributed by atoms with E-state index in [2.05, 4.69) is 17.2 Å². The number of pyridine rings is 1. The summed E-state index contributed by atoms with van der Waals surface area (Å²) < 4.78 is 5.57. The molecule has 1 N–H and O–H groups in total. The smallest absolute Gasteiger partial charge is 0.255 e. The first kappa shape index (κ1) is 14.1. The van der Waals surface area contributed by atoms with Gasteiger partial charge in [-0.15, -0.1) is 0 Å². The third-order valence-corrected chi connectivity index (χ3v) is 3.52. The minimum atomic E-state index is -0.0642. The zero-order valence-corrected chi connectivity index (χ0v) is 11.9. The molecule has 0 spiro atoms. The minimum absolute atomic E-state index is 0.0642. The molecule has 1 atom stereocenters. The number of hydrogen-bond acceptors (Lipinski definition) is 4. The molecule has 0 bridgehead atoms. The zero-order chi connectivity index (χ0) is 13.8. The summed E-state index contributed by atoms with van der Waals surface area (Å²) >= 11 is 6.07. The highest BCUT2D eigenvalue weighted by Gasteiger charge is 2.25. The molecule has 104 valence electrons. The van der Waals surface area contributed by atoms with Gasteiger partial charge >= 0.3 is 0 Å². The highest BCUT2D eigenvalue weighted by Crippen LogP contribution is 2.21. The van der Waals surface area contributed by atoms with Crippen LogP contribution in [0.5, 0.6) is 0 Å². The van der Waals surface area contributed by atoms with Gasteiger partial charge < -0.3 is 15.0 Å². The molecule has 19 heavy (non-hydrogen) atoms. The van der Waals surface area contributed by atoms with Gasteiger partial charge in [0, 0.05) is 26.3 Å². The molecule has 0 aromatic carbocycles. The molecule has 1 aliphatic rings. The normalized spacial score (nSPS) is 19.3. The highest BCUT2D eigenvalue weighted by molar-refractivity contribution is 6.33. The number of carbonyl (C=O) groups is 1. The summed E-state index contributed by atoms with van der Waals surface area (Å²) in [7, 11) is 1.76. The Bertz CT molecular complexity index is 467. The van der Waals surface area contributed by atoms with Crippen LogP contribution in [0.25, 0.3) is 0 Å². The van der Waals surface area contributed by atoms with Crippen LogP contribution in [-0.4, -0.2) is 48.6 Å². The van der Waals surface area contributed by atoms with Gasteiger partial charge in [-0.2, -0.15) is 0 Å². The number of nitrogens with zero attached hydrogens (tertiary/aromatic N) is 2. The molecule has 0 aliphatic carbocycles. The fourth-order valence-electron chi connectivity index (χ4n) is 2.06. The molecule has 5 nitrogen and oxygen atoms in total. The van der Waals surface area contributed by atoms with Gasteiger partial charge in [-0.3, -0.25) is 4.79 Å². The molecule has 1 saturated heterocycles. The van der Waals surface area contributed by atoms with Gasteiger partial charge in [0.05, 0.1) is 23.3 Å². The van der Waals surface area contributed by atoms with Crippen LogP contribution < -0.4 is 5.32 Å². The SMILES string of the molecule is CCC1CN(C(=O)c2cc(NC)ncc2Cl)CCO1. The van der Waals surface area contributed by atoms with E-state index in [1.807, 2.05) is 0 Å². The predicted octanol–water partition coefficient (Wildman–Crippen LogP) is 2.03. The van der Waals surface area contributed by atoms with Crippen molar-refractivity contribution in [3.05, 3.63) is 22.8 Å². The molecule has 6 heteroatoms. The summed E-state index contributed by atoms with van der Waals surface area (Å²) in [5, 5.41) is 3.29. The van der Waals surface area contributed by atoms with Crippen LogP contribution >= 0.6 is 11.6 Å². The summed E-state index contributed by atoms with van der Waals surface area (Å²) in [4.78, 5) is 18.3. The topological polar surface area (TPSA) is 54.5 Å². The van der Waals surface area contributed by atoms with Gasteiger partial charge in [0.1, 0.15) is 5.82 Å². The maximum atomic E-state index is 12.5. The quantitative estimate of drug-likeness (QED) is 0.922. The highest BCUT2D eigenvalue weighted by atomic mass is 35.5. The Kier molecular flexibility index (Phi) is 4.61. The van der Waals surface area contributed by atoms with Gasteiger partial charge in [-0.1, -0.05) is 18.5 Å². The van der Waals surface area contributed by atoms with E-state index >= 15 is 0 Å². The van der Waals surface area contributed by atoms with Crippen molar-refractivity contribution in [3.8, 4) is 0 Å². The van der Waals surface area contributed by atoms with Crippen molar-refractivity contribution in [2.45, 2.75) is 19.4 Å². The van der Waals surface area contributed by atoms with Crippen LogP contribution in [0, 0.1) is 0 Å². The lowest BCUT2D eigenvalue weighted by Gasteiger charge is -2.32. The first-order chi connectivity index (χ1) is 9.15. The molecular formula is C13H18ClN3O2. The third-order valence-electron chi connectivity index (χ3n) is 3.22. The van der Waals surface area contributed by atoms with Gasteiger partial charge in [0.15, 0.2) is 0 Å². The van der Waals surface area contributed by atoms with E-state index in [0.29, 0.717) is 36.1 Å².